The minimum Gasteiger partial charge on any atom is -0.398 e. The van der Waals surface area contributed by atoms with E-state index in [1.807, 2.05) is 6.92 Å². The fraction of sp³-hybridized carbons (Fsp3) is 0.462. The molecule has 1 aromatic carbocycles. The lowest BCUT2D eigenvalue weighted by Crippen LogP contribution is -2.47. The molecular weight excluding hydrogens is 252 g/mol. The molecule has 0 aromatic heterocycles. The van der Waals surface area contributed by atoms with Crippen molar-refractivity contribution in [2.45, 2.75) is 31.9 Å². The Hall–Kier alpha value is -1.26. The van der Waals surface area contributed by atoms with E-state index in [0.717, 1.165) is 12.8 Å². The highest BCUT2D eigenvalue weighted by atomic mass is 35.5. The largest absolute Gasteiger partial charge is 0.398 e. The lowest BCUT2D eigenvalue weighted by molar-refractivity contribution is -0.00862. The Morgan fingerprint density at radius 2 is 2.28 bits per heavy atom. The van der Waals surface area contributed by atoms with Gasteiger partial charge in [-0.25, -0.2) is 0 Å². The van der Waals surface area contributed by atoms with E-state index in [1.165, 1.54) is 0 Å². The number of hydrogen-bond acceptors (Lipinski definition) is 3. The Balaban J connectivity index is 1.91. The lowest BCUT2D eigenvalue weighted by atomic mass is 9.89. The average Bonchev–Trinajstić information content (AvgIpc) is 2.30. The number of carbonyl (C=O) groups excluding carboxylic acids is 1. The van der Waals surface area contributed by atoms with Crippen molar-refractivity contribution < 1.29 is 9.53 Å². The molecule has 0 atom stereocenters. The van der Waals surface area contributed by atoms with Gasteiger partial charge in [-0.15, -0.1) is 0 Å². The average molecular weight is 269 g/mol. The van der Waals surface area contributed by atoms with Crippen molar-refractivity contribution in [3.63, 3.8) is 0 Å². The number of halogens is 1. The molecule has 1 amide bonds. The third-order valence-electron chi connectivity index (χ3n) is 3.11. The van der Waals surface area contributed by atoms with E-state index < -0.39 is 0 Å². The van der Waals surface area contributed by atoms with Gasteiger partial charge >= 0.3 is 0 Å². The first-order valence-electron chi connectivity index (χ1n) is 6.08. The summed E-state index contributed by atoms with van der Waals surface area (Å²) in [5.74, 6) is -0.174. The van der Waals surface area contributed by atoms with Crippen LogP contribution in [0, 0.1) is 0 Å². The molecule has 1 aliphatic rings. The summed E-state index contributed by atoms with van der Waals surface area (Å²) in [6.07, 6.45) is 2.00. The van der Waals surface area contributed by atoms with Crippen molar-refractivity contribution in [1.82, 2.24) is 5.32 Å². The minimum atomic E-state index is -0.174. The second-order valence-electron chi connectivity index (χ2n) is 4.43. The number of hydrogen-bond donors (Lipinski definition) is 2. The van der Waals surface area contributed by atoms with Gasteiger partial charge < -0.3 is 15.8 Å². The van der Waals surface area contributed by atoms with Crippen LogP contribution in [0.4, 0.5) is 5.69 Å². The molecule has 1 fully saturated rings. The third-order valence-corrected chi connectivity index (χ3v) is 3.53. The fourth-order valence-corrected chi connectivity index (χ4v) is 2.26. The molecule has 0 unspecified atom stereocenters. The molecule has 5 heteroatoms. The first kappa shape index (κ1) is 13.2. The predicted octanol–water partition coefficient (Wildman–Crippen LogP) is 2.22. The smallest absolute Gasteiger partial charge is 0.253 e. The van der Waals surface area contributed by atoms with Crippen molar-refractivity contribution in [3.05, 3.63) is 28.8 Å². The maximum absolute atomic E-state index is 12.0. The molecule has 1 aromatic rings. The Labute approximate surface area is 111 Å². The zero-order chi connectivity index (χ0) is 13.1. The number of benzene rings is 1. The summed E-state index contributed by atoms with van der Waals surface area (Å²) < 4.78 is 5.44. The Morgan fingerprint density at radius 1 is 1.56 bits per heavy atom. The number of anilines is 1. The zero-order valence-corrected chi connectivity index (χ0v) is 11.0. The van der Waals surface area contributed by atoms with Crippen LogP contribution in [0.25, 0.3) is 0 Å². The van der Waals surface area contributed by atoms with E-state index in [1.54, 1.807) is 18.2 Å². The molecule has 4 nitrogen and oxygen atoms in total. The summed E-state index contributed by atoms with van der Waals surface area (Å²) in [4.78, 5) is 12.0. The predicted molar refractivity (Wildman–Crippen MR) is 71.8 cm³/mol. The van der Waals surface area contributed by atoms with Crippen LogP contribution in [-0.2, 0) is 4.74 Å². The van der Waals surface area contributed by atoms with Crippen LogP contribution in [0.15, 0.2) is 18.2 Å². The molecule has 0 spiro atoms. The number of nitrogens with one attached hydrogen (secondary N) is 1. The Morgan fingerprint density at radius 3 is 2.94 bits per heavy atom. The summed E-state index contributed by atoms with van der Waals surface area (Å²) in [5, 5.41) is 3.25. The highest BCUT2D eigenvalue weighted by Crippen LogP contribution is 2.26. The minimum absolute atomic E-state index is 0.173. The number of rotatable bonds is 4. The molecule has 1 aliphatic carbocycles. The number of ether oxygens (including phenoxy) is 1. The van der Waals surface area contributed by atoms with Crippen LogP contribution in [0.2, 0.25) is 5.02 Å². The Bertz CT molecular complexity index is 445. The van der Waals surface area contributed by atoms with E-state index in [2.05, 4.69) is 5.32 Å². The van der Waals surface area contributed by atoms with Crippen molar-refractivity contribution in [1.29, 1.82) is 0 Å². The van der Waals surface area contributed by atoms with Crippen molar-refractivity contribution in [2.24, 2.45) is 0 Å². The zero-order valence-electron chi connectivity index (χ0n) is 10.3. The van der Waals surface area contributed by atoms with Gasteiger partial charge in [0.15, 0.2) is 0 Å². The van der Waals surface area contributed by atoms with Crippen molar-refractivity contribution in [2.75, 3.05) is 12.3 Å². The molecule has 18 heavy (non-hydrogen) atoms. The molecule has 2 rings (SSSR count). The maximum atomic E-state index is 12.0. The fourth-order valence-electron chi connectivity index (χ4n) is 2.04. The SMILES string of the molecule is CCOC1CC(NC(=O)c2cccc(N)c2Cl)C1. The number of nitrogens with two attached hydrogens (primary N) is 1. The number of amides is 1. The van der Waals surface area contributed by atoms with Gasteiger partial charge in [0.05, 0.1) is 22.4 Å². The maximum Gasteiger partial charge on any atom is 0.253 e. The quantitative estimate of drug-likeness (QED) is 0.823. The van der Waals surface area contributed by atoms with Gasteiger partial charge in [-0.3, -0.25) is 4.79 Å². The van der Waals surface area contributed by atoms with Gasteiger partial charge in [-0.2, -0.15) is 0 Å². The highest BCUT2D eigenvalue weighted by Gasteiger charge is 2.31. The van der Waals surface area contributed by atoms with Crippen LogP contribution in [0.5, 0.6) is 0 Å². The van der Waals surface area contributed by atoms with Crippen molar-refractivity contribution in [3.8, 4) is 0 Å². The summed E-state index contributed by atoms with van der Waals surface area (Å²) >= 11 is 6.00. The summed E-state index contributed by atoms with van der Waals surface area (Å²) in [6.45, 7) is 2.69. The molecule has 0 radical (unpaired) electrons. The molecular formula is C13H17ClN2O2. The van der Waals surface area contributed by atoms with Gasteiger partial charge in [0.25, 0.3) is 5.91 Å². The molecule has 0 aliphatic heterocycles. The number of carbonyl (C=O) groups is 1. The van der Waals surface area contributed by atoms with E-state index in [4.69, 9.17) is 22.1 Å². The van der Waals surface area contributed by atoms with Gasteiger partial charge in [0.1, 0.15) is 0 Å². The van der Waals surface area contributed by atoms with Gasteiger partial charge in [-0.1, -0.05) is 17.7 Å². The molecule has 98 valence electrons. The topological polar surface area (TPSA) is 64.3 Å². The van der Waals surface area contributed by atoms with Gasteiger partial charge in [-0.05, 0) is 31.9 Å². The highest BCUT2D eigenvalue weighted by molar-refractivity contribution is 6.36. The third kappa shape index (κ3) is 2.76. The molecule has 0 bridgehead atoms. The summed E-state index contributed by atoms with van der Waals surface area (Å²) in [7, 11) is 0. The lowest BCUT2D eigenvalue weighted by Gasteiger charge is -2.35. The summed E-state index contributed by atoms with van der Waals surface area (Å²) in [6, 6.07) is 5.24. The molecule has 0 saturated heterocycles. The van der Waals surface area contributed by atoms with Crippen LogP contribution in [-0.4, -0.2) is 24.7 Å². The first-order chi connectivity index (χ1) is 8.61. The van der Waals surface area contributed by atoms with Crippen molar-refractivity contribution >= 4 is 23.2 Å². The standard InChI is InChI=1S/C13H17ClN2O2/c1-2-18-9-6-8(7-9)16-13(17)10-4-3-5-11(15)12(10)14/h3-5,8-9H,2,6-7,15H2,1H3,(H,16,17). The molecule has 1 saturated carbocycles. The van der Waals surface area contributed by atoms with Gasteiger partial charge in [0, 0.05) is 12.6 Å². The van der Waals surface area contributed by atoms with E-state index in [9.17, 15) is 4.79 Å². The Kier molecular flexibility index (Phi) is 4.09. The van der Waals surface area contributed by atoms with Crippen LogP contribution in [0.3, 0.4) is 0 Å². The molecule has 0 heterocycles. The van der Waals surface area contributed by atoms with Crippen LogP contribution < -0.4 is 11.1 Å². The second-order valence-corrected chi connectivity index (χ2v) is 4.81. The number of nitrogen functional groups attached to an aromatic ring is 1. The van der Waals surface area contributed by atoms with Gasteiger partial charge in [0.2, 0.25) is 0 Å². The molecule has 3 N–H and O–H groups in total. The van der Waals surface area contributed by atoms with Crippen LogP contribution in [0.1, 0.15) is 30.1 Å². The summed E-state index contributed by atoms with van der Waals surface area (Å²) in [5.41, 5.74) is 6.51. The monoisotopic (exact) mass is 268 g/mol. The second kappa shape index (κ2) is 5.59. The van der Waals surface area contributed by atoms with E-state index in [-0.39, 0.29) is 18.1 Å². The van der Waals surface area contributed by atoms with E-state index >= 15 is 0 Å². The first-order valence-corrected chi connectivity index (χ1v) is 6.46. The normalized spacial score (nSPS) is 22.3. The van der Waals surface area contributed by atoms with E-state index in [0.29, 0.717) is 22.9 Å². The van der Waals surface area contributed by atoms with Crippen LogP contribution >= 0.6 is 11.6 Å².